The number of aromatic hydroxyl groups is 3. The van der Waals surface area contributed by atoms with Gasteiger partial charge in [-0.1, -0.05) is 12.1 Å². The molecule has 0 aliphatic carbocycles. The summed E-state index contributed by atoms with van der Waals surface area (Å²) in [5.41, 5.74) is 3.55. The van der Waals surface area contributed by atoms with Crippen molar-refractivity contribution >= 4 is 30.4 Å². The van der Waals surface area contributed by atoms with Crippen LogP contribution >= 0.6 is 0 Å². The molecule has 0 saturated carbocycles. The molecule has 3 atom stereocenters. The van der Waals surface area contributed by atoms with Crippen molar-refractivity contribution in [1.82, 2.24) is 30.1 Å². The fourth-order valence-electron chi connectivity index (χ4n) is 8.51. The van der Waals surface area contributed by atoms with Crippen LogP contribution in [0.1, 0.15) is 107 Å². The van der Waals surface area contributed by atoms with Crippen molar-refractivity contribution in [3.8, 4) is 23.0 Å². The number of hydrogen-bond acceptors (Lipinski definition) is 18. The zero-order valence-electron chi connectivity index (χ0n) is 43.9. The zero-order valence-corrected chi connectivity index (χ0v) is 43.9. The molecule has 3 saturated heterocycles. The topological polar surface area (TPSA) is 301 Å². The maximum absolute atomic E-state index is 13.1. The number of carboxylic acids is 1. The number of amides is 2. The van der Waals surface area contributed by atoms with Crippen LogP contribution in [0.5, 0.6) is 23.0 Å². The number of carbonyl (C=O) groups excluding carboxylic acids is 4. The lowest BCUT2D eigenvalue weighted by Crippen LogP contribution is -2.39. The van der Waals surface area contributed by atoms with Gasteiger partial charge in [-0.15, -0.1) is 0 Å². The van der Waals surface area contributed by atoms with Gasteiger partial charge in [0.25, 0.3) is 11.8 Å². The van der Waals surface area contributed by atoms with Crippen molar-refractivity contribution in [2.24, 2.45) is 0 Å². The third-order valence-electron chi connectivity index (χ3n) is 12.6. The number of phenols is 3. The van der Waals surface area contributed by atoms with Gasteiger partial charge in [-0.3, -0.25) is 34.1 Å². The summed E-state index contributed by atoms with van der Waals surface area (Å²) in [7, 11) is 4.82. The summed E-state index contributed by atoms with van der Waals surface area (Å²) in [4.78, 5) is 73.8. The first-order valence-electron chi connectivity index (χ1n) is 25.3. The van der Waals surface area contributed by atoms with E-state index in [-0.39, 0.29) is 71.1 Å². The van der Waals surface area contributed by atoms with Crippen LogP contribution in [0.25, 0.3) is 0 Å². The van der Waals surface area contributed by atoms with Gasteiger partial charge in [0.15, 0.2) is 12.6 Å². The van der Waals surface area contributed by atoms with Crippen LogP contribution in [0.2, 0.25) is 0 Å². The second-order valence-corrected chi connectivity index (χ2v) is 17.7. The van der Waals surface area contributed by atoms with Gasteiger partial charge in [-0.05, 0) is 106 Å². The Morgan fingerprint density at radius 1 is 0.597 bits per heavy atom. The number of carbonyl (C=O) groups is 5. The van der Waals surface area contributed by atoms with E-state index in [4.69, 9.17) is 39.4 Å². The molecule has 21 nitrogen and oxygen atoms in total. The normalized spacial score (nSPS) is 16.2. The highest BCUT2D eigenvalue weighted by Gasteiger charge is 2.32. The maximum Gasteiger partial charge on any atom is 0.337 e. The van der Waals surface area contributed by atoms with E-state index in [1.807, 2.05) is 0 Å². The number of nitrogens with one attached hydrogen (secondary N) is 1. The molecule has 3 aliphatic heterocycles. The molecule has 3 fully saturated rings. The number of rotatable bonds is 19. The zero-order chi connectivity index (χ0) is 56.0. The third kappa shape index (κ3) is 19.3. The molecule has 3 aliphatic rings. The number of phenolic OH excluding ortho intramolecular Hbond substituents is 3. The standard InChI is InChI=1S/C21H24N2O5.C14H20N2O3.C9H11NO3.C7H6O3.C5H11NO/c1-27-12-9-18-16(6-3-10-22-18)21(26)23-11-4-5-15(23)14-28-20-8-2-7-19(25)17(20)13-24;1-19-9-6-13-12(5-2-7-15-13)14(18)16-8-3-4-11(16)10-17;1-13-6-4-8-7(9(11)12)3-2-5-10-8;8-4-5-6(9)2-1-3-7(5)10;7-4-5-2-1-3-6-5/h2-3,6-8,10,13,15,25H,4-5,9,11-12,14H2,1H3;2,5,7,11,17H,3-4,6,8-10H2,1H3;2-3,5H,4,6H2,1H3,(H,11,12);1-4,9-10H;5-7H,1-4H2/t15-;11-;;;5-/m00..0/s1. The molecule has 7 N–H and O–H groups in total. The molecule has 8 rings (SSSR count). The smallest absolute Gasteiger partial charge is 0.337 e. The van der Waals surface area contributed by atoms with Crippen LogP contribution in [0, 0.1) is 0 Å². The van der Waals surface area contributed by atoms with Crippen LogP contribution in [-0.4, -0.2) is 184 Å². The molecule has 0 radical (unpaired) electrons. The molecule has 0 spiro atoms. The fourth-order valence-corrected chi connectivity index (χ4v) is 8.51. The van der Waals surface area contributed by atoms with E-state index in [0.717, 1.165) is 50.0 Å². The Morgan fingerprint density at radius 3 is 1.47 bits per heavy atom. The molecule has 5 aromatic rings. The number of carboxylic acid groups (broad SMARTS) is 1. The van der Waals surface area contributed by atoms with Gasteiger partial charge in [0.2, 0.25) is 0 Å². The minimum absolute atomic E-state index is 0.0272. The summed E-state index contributed by atoms with van der Waals surface area (Å²) in [5.74, 6) is -1.25. The average molecular weight is 1070 g/mol. The van der Waals surface area contributed by atoms with Gasteiger partial charge < -0.3 is 64.7 Å². The number of aliphatic hydroxyl groups is 2. The van der Waals surface area contributed by atoms with Crippen molar-refractivity contribution in [1.29, 1.82) is 0 Å². The number of aromatic nitrogens is 3. The van der Waals surface area contributed by atoms with Crippen molar-refractivity contribution in [2.75, 3.05) is 80.6 Å². The molecule has 0 bridgehead atoms. The second kappa shape index (κ2) is 34.3. The Bertz CT molecular complexity index is 2600. The van der Waals surface area contributed by atoms with E-state index in [2.05, 4.69) is 20.3 Å². The van der Waals surface area contributed by atoms with Gasteiger partial charge in [-0.25, -0.2) is 4.79 Å². The number of pyridine rings is 3. The van der Waals surface area contributed by atoms with Crippen LogP contribution in [0.15, 0.2) is 91.4 Å². The first-order valence-corrected chi connectivity index (χ1v) is 25.3. The number of aliphatic hydroxyl groups excluding tert-OH is 2. The largest absolute Gasteiger partial charge is 0.507 e. The molecular formula is C56H72N6O15. The summed E-state index contributed by atoms with van der Waals surface area (Å²) < 4.78 is 20.8. The minimum atomic E-state index is -0.945. The lowest BCUT2D eigenvalue weighted by molar-refractivity contribution is 0.0671. The first-order chi connectivity index (χ1) is 37.4. The summed E-state index contributed by atoms with van der Waals surface area (Å²) in [5, 5.41) is 57.3. The number of benzene rings is 2. The molecule has 77 heavy (non-hydrogen) atoms. The van der Waals surface area contributed by atoms with Gasteiger partial charge >= 0.3 is 5.97 Å². The summed E-state index contributed by atoms with van der Waals surface area (Å²) in [6.45, 7) is 4.55. The molecule has 2 aromatic carbocycles. The predicted molar refractivity (Wildman–Crippen MR) is 284 cm³/mol. The Balaban J connectivity index is 0.000000226. The monoisotopic (exact) mass is 1070 g/mol. The molecule has 3 aromatic heterocycles. The van der Waals surface area contributed by atoms with Crippen molar-refractivity contribution in [3.05, 3.63) is 136 Å². The second-order valence-electron chi connectivity index (χ2n) is 17.7. The highest BCUT2D eigenvalue weighted by atomic mass is 16.5. The number of hydrogen-bond donors (Lipinski definition) is 7. The van der Waals surface area contributed by atoms with Crippen molar-refractivity contribution in [2.45, 2.75) is 75.9 Å². The van der Waals surface area contributed by atoms with E-state index in [0.29, 0.717) is 100.0 Å². The molecule has 2 amide bonds. The van der Waals surface area contributed by atoms with Gasteiger partial charge in [-0.2, -0.15) is 0 Å². The van der Waals surface area contributed by atoms with E-state index in [1.54, 1.807) is 98.3 Å². The quantitative estimate of drug-likeness (QED) is 0.0538. The number of methoxy groups -OCH3 is 3. The maximum atomic E-state index is 13.1. The summed E-state index contributed by atoms with van der Waals surface area (Å²) in [6, 6.07) is 19.3. The number of aromatic carboxylic acids is 1. The van der Waals surface area contributed by atoms with Gasteiger partial charge in [0.1, 0.15) is 29.6 Å². The van der Waals surface area contributed by atoms with Gasteiger partial charge in [0.05, 0.1) is 90.0 Å². The third-order valence-corrected chi connectivity index (χ3v) is 12.6. The highest BCUT2D eigenvalue weighted by Crippen LogP contribution is 2.28. The van der Waals surface area contributed by atoms with Crippen LogP contribution in [0.3, 0.4) is 0 Å². The predicted octanol–water partition coefficient (Wildman–Crippen LogP) is 4.95. The van der Waals surface area contributed by atoms with Crippen LogP contribution < -0.4 is 10.1 Å². The molecule has 416 valence electrons. The first kappa shape index (κ1) is 62.1. The molecule has 21 heteroatoms. The number of nitrogens with zero attached hydrogens (tertiary/aromatic N) is 5. The fraction of sp³-hybridized carbons (Fsp3) is 0.429. The molecule has 0 unspecified atom stereocenters. The number of ether oxygens (including phenoxy) is 4. The highest BCUT2D eigenvalue weighted by molar-refractivity contribution is 5.96. The molecule has 6 heterocycles. The Kier molecular flexibility index (Phi) is 27.7. The van der Waals surface area contributed by atoms with Crippen LogP contribution in [-0.2, 0) is 33.5 Å². The lowest BCUT2D eigenvalue weighted by atomic mass is 10.1. The van der Waals surface area contributed by atoms with Crippen molar-refractivity contribution in [3.63, 3.8) is 0 Å². The Hall–Kier alpha value is -7.40. The van der Waals surface area contributed by atoms with E-state index in [1.165, 1.54) is 30.7 Å². The minimum Gasteiger partial charge on any atom is -0.507 e. The van der Waals surface area contributed by atoms with E-state index < -0.39 is 5.97 Å². The summed E-state index contributed by atoms with van der Waals surface area (Å²) >= 11 is 0. The summed E-state index contributed by atoms with van der Waals surface area (Å²) in [6.07, 6.45) is 13.5. The lowest BCUT2D eigenvalue weighted by Gasteiger charge is -2.26. The number of aldehydes is 2. The Morgan fingerprint density at radius 2 is 1.05 bits per heavy atom. The van der Waals surface area contributed by atoms with Gasteiger partial charge in [0, 0.05) is 78.3 Å². The Labute approximate surface area is 448 Å². The van der Waals surface area contributed by atoms with E-state index in [9.17, 15) is 34.2 Å². The van der Waals surface area contributed by atoms with Crippen LogP contribution in [0.4, 0.5) is 0 Å². The molecular weight excluding hydrogens is 997 g/mol. The number of likely N-dealkylation sites (tertiary alicyclic amines) is 2. The average Bonchev–Trinajstić information content (AvgIpc) is 4.28. The van der Waals surface area contributed by atoms with E-state index >= 15 is 0 Å². The van der Waals surface area contributed by atoms with Crippen molar-refractivity contribution < 1.29 is 73.6 Å². The SMILES string of the molecule is COCCc1ncccc1C(=O)N1CCC[C@H]1CO.COCCc1ncccc1C(=O)N1CCC[C@H]1COc1cccc(O)c1C=O.COCCc1ncccc1C(=O)O.O=Cc1c(O)cccc1O.OC[C@@H]1CCCN1.